The summed E-state index contributed by atoms with van der Waals surface area (Å²) < 4.78 is 1.91. The maximum Gasteiger partial charge on any atom is 0.0659 e. The van der Waals surface area contributed by atoms with Gasteiger partial charge in [0.1, 0.15) is 0 Å². The first kappa shape index (κ1) is 15.5. The van der Waals surface area contributed by atoms with Gasteiger partial charge in [0.15, 0.2) is 0 Å². The summed E-state index contributed by atoms with van der Waals surface area (Å²) in [4.78, 5) is 0. The molecule has 4 nitrogen and oxygen atoms in total. The van der Waals surface area contributed by atoms with Gasteiger partial charge in [0, 0.05) is 30.2 Å². The zero-order valence-corrected chi connectivity index (χ0v) is 12.2. The Balaban J connectivity index is 0.00000180. The van der Waals surface area contributed by atoms with Crippen molar-refractivity contribution in [2.24, 2.45) is 5.73 Å². The van der Waals surface area contributed by atoms with Crippen molar-refractivity contribution >= 4 is 18.1 Å². The highest BCUT2D eigenvalue weighted by Crippen LogP contribution is 2.11. The maximum absolute atomic E-state index is 5.93. The van der Waals surface area contributed by atoms with Gasteiger partial charge in [0.2, 0.25) is 0 Å². The lowest BCUT2D eigenvalue weighted by Gasteiger charge is -2.19. The Morgan fingerprint density at radius 3 is 2.47 bits per heavy atom. The van der Waals surface area contributed by atoms with Crippen LogP contribution >= 0.6 is 12.4 Å². The van der Waals surface area contributed by atoms with E-state index in [2.05, 4.69) is 34.7 Å². The molecule has 0 atom stereocenters. The zero-order chi connectivity index (χ0) is 13.0. The summed E-state index contributed by atoms with van der Waals surface area (Å²) in [6, 6.07) is 10.3. The van der Waals surface area contributed by atoms with Crippen LogP contribution in [0, 0.1) is 0 Å². The van der Waals surface area contributed by atoms with Gasteiger partial charge in [-0.25, -0.2) is 0 Å². The van der Waals surface area contributed by atoms with Gasteiger partial charge in [-0.1, -0.05) is 12.1 Å². The third-order valence-electron chi connectivity index (χ3n) is 2.61. The normalized spacial score (nSPS) is 10.9. The summed E-state index contributed by atoms with van der Waals surface area (Å²) in [6.45, 7) is 5.57. The highest BCUT2D eigenvalue weighted by atomic mass is 35.5. The Morgan fingerprint density at radius 2 is 1.95 bits per heavy atom. The monoisotopic (exact) mass is 280 g/mol. The Kier molecular flexibility index (Phi) is 5.39. The standard InChI is InChI=1S/C14H20N4.ClH/c1-14(2,15)11-16-13-6-4-12(5-7-13)10-18-9-3-8-17-18;/h3-9,16H,10-11,15H2,1-2H3;1H. The van der Waals surface area contributed by atoms with E-state index in [1.54, 1.807) is 6.20 Å². The van der Waals surface area contributed by atoms with Crippen molar-refractivity contribution in [1.82, 2.24) is 9.78 Å². The van der Waals surface area contributed by atoms with Crippen LogP contribution in [0.5, 0.6) is 0 Å². The lowest BCUT2D eigenvalue weighted by atomic mass is 10.1. The van der Waals surface area contributed by atoms with Gasteiger partial charge in [-0.15, -0.1) is 12.4 Å². The minimum atomic E-state index is -0.201. The first-order valence-corrected chi connectivity index (χ1v) is 6.12. The van der Waals surface area contributed by atoms with Crippen LogP contribution in [0.1, 0.15) is 19.4 Å². The SMILES string of the molecule is CC(C)(N)CNc1ccc(Cn2cccn2)cc1.Cl. The summed E-state index contributed by atoms with van der Waals surface area (Å²) in [5.41, 5.74) is 8.06. The summed E-state index contributed by atoms with van der Waals surface area (Å²) in [7, 11) is 0. The van der Waals surface area contributed by atoms with E-state index in [-0.39, 0.29) is 17.9 Å². The third-order valence-corrected chi connectivity index (χ3v) is 2.61. The fourth-order valence-corrected chi connectivity index (χ4v) is 1.64. The molecule has 0 saturated heterocycles. The molecule has 2 aromatic rings. The van der Waals surface area contributed by atoms with Crippen molar-refractivity contribution < 1.29 is 0 Å². The average Bonchev–Trinajstić information content (AvgIpc) is 2.80. The Bertz CT molecular complexity index is 471. The number of benzene rings is 1. The van der Waals surface area contributed by atoms with Crippen LogP contribution in [-0.4, -0.2) is 21.9 Å². The summed E-state index contributed by atoms with van der Waals surface area (Å²) in [6.07, 6.45) is 3.75. The predicted molar refractivity (Wildman–Crippen MR) is 81.8 cm³/mol. The van der Waals surface area contributed by atoms with Crippen molar-refractivity contribution in [2.45, 2.75) is 25.9 Å². The Labute approximate surface area is 120 Å². The van der Waals surface area contributed by atoms with Crippen molar-refractivity contribution in [1.29, 1.82) is 0 Å². The van der Waals surface area contributed by atoms with Crippen LogP contribution in [0.2, 0.25) is 0 Å². The number of nitrogens with zero attached hydrogens (tertiary/aromatic N) is 2. The third kappa shape index (κ3) is 5.32. The first-order chi connectivity index (χ1) is 8.53. The minimum Gasteiger partial charge on any atom is -0.383 e. The van der Waals surface area contributed by atoms with Crippen LogP contribution in [-0.2, 0) is 6.54 Å². The quantitative estimate of drug-likeness (QED) is 0.885. The van der Waals surface area contributed by atoms with Crippen molar-refractivity contribution in [3.8, 4) is 0 Å². The van der Waals surface area contributed by atoms with Gasteiger partial charge < -0.3 is 11.1 Å². The molecule has 0 aliphatic heterocycles. The molecule has 19 heavy (non-hydrogen) atoms. The molecule has 0 radical (unpaired) electrons. The van der Waals surface area contributed by atoms with Gasteiger partial charge in [-0.05, 0) is 37.6 Å². The molecule has 0 amide bonds. The molecule has 0 bridgehead atoms. The number of hydrogen-bond acceptors (Lipinski definition) is 3. The molecule has 0 saturated carbocycles. The van der Waals surface area contributed by atoms with E-state index in [1.165, 1.54) is 5.56 Å². The molecule has 1 aromatic heterocycles. The molecule has 0 aliphatic carbocycles. The predicted octanol–water partition coefficient (Wildman–Crippen LogP) is 2.50. The van der Waals surface area contributed by atoms with E-state index in [0.29, 0.717) is 0 Å². The lowest BCUT2D eigenvalue weighted by Crippen LogP contribution is -2.39. The average molecular weight is 281 g/mol. The van der Waals surface area contributed by atoms with E-state index in [0.717, 1.165) is 18.8 Å². The number of halogens is 1. The smallest absolute Gasteiger partial charge is 0.0659 e. The van der Waals surface area contributed by atoms with Gasteiger partial charge in [-0.2, -0.15) is 5.10 Å². The number of nitrogens with one attached hydrogen (secondary N) is 1. The largest absolute Gasteiger partial charge is 0.383 e. The topological polar surface area (TPSA) is 55.9 Å². The zero-order valence-electron chi connectivity index (χ0n) is 11.3. The number of rotatable bonds is 5. The van der Waals surface area contributed by atoms with E-state index in [4.69, 9.17) is 5.73 Å². The van der Waals surface area contributed by atoms with Gasteiger partial charge in [0.05, 0.1) is 6.54 Å². The molecule has 0 aliphatic rings. The Hall–Kier alpha value is -1.52. The molecule has 0 fully saturated rings. The van der Waals surface area contributed by atoms with E-state index < -0.39 is 0 Å². The molecule has 104 valence electrons. The fraction of sp³-hybridized carbons (Fsp3) is 0.357. The van der Waals surface area contributed by atoms with Crippen LogP contribution in [0.15, 0.2) is 42.7 Å². The molecule has 3 N–H and O–H groups in total. The van der Waals surface area contributed by atoms with Crippen molar-refractivity contribution in [3.05, 3.63) is 48.3 Å². The van der Waals surface area contributed by atoms with Gasteiger partial charge in [-0.3, -0.25) is 4.68 Å². The van der Waals surface area contributed by atoms with E-state index in [1.807, 2.05) is 30.8 Å². The number of hydrogen-bond donors (Lipinski definition) is 2. The van der Waals surface area contributed by atoms with E-state index in [9.17, 15) is 0 Å². The van der Waals surface area contributed by atoms with Crippen molar-refractivity contribution in [2.75, 3.05) is 11.9 Å². The summed E-state index contributed by atoms with van der Waals surface area (Å²) in [5, 5.41) is 7.51. The molecule has 1 aromatic carbocycles. The number of anilines is 1. The number of aromatic nitrogens is 2. The summed E-state index contributed by atoms with van der Waals surface area (Å²) >= 11 is 0. The molecular weight excluding hydrogens is 260 g/mol. The molecule has 2 rings (SSSR count). The molecular formula is C14H21ClN4. The van der Waals surface area contributed by atoms with Crippen LogP contribution < -0.4 is 11.1 Å². The molecule has 5 heteroatoms. The second-order valence-electron chi connectivity index (χ2n) is 5.24. The molecule has 0 unspecified atom stereocenters. The lowest BCUT2D eigenvalue weighted by molar-refractivity contribution is 0.549. The maximum atomic E-state index is 5.93. The van der Waals surface area contributed by atoms with Gasteiger partial charge in [0.25, 0.3) is 0 Å². The molecule has 0 spiro atoms. The second-order valence-corrected chi connectivity index (χ2v) is 5.24. The van der Waals surface area contributed by atoms with Crippen LogP contribution in [0.25, 0.3) is 0 Å². The molecule has 1 heterocycles. The number of nitrogens with two attached hydrogens (primary N) is 1. The highest BCUT2D eigenvalue weighted by molar-refractivity contribution is 5.85. The Morgan fingerprint density at radius 1 is 1.26 bits per heavy atom. The van der Waals surface area contributed by atoms with E-state index >= 15 is 0 Å². The highest BCUT2D eigenvalue weighted by Gasteiger charge is 2.09. The summed E-state index contributed by atoms with van der Waals surface area (Å²) in [5.74, 6) is 0. The van der Waals surface area contributed by atoms with Crippen molar-refractivity contribution in [3.63, 3.8) is 0 Å². The van der Waals surface area contributed by atoms with Gasteiger partial charge >= 0.3 is 0 Å². The van der Waals surface area contributed by atoms with Crippen LogP contribution in [0.4, 0.5) is 5.69 Å². The minimum absolute atomic E-state index is 0. The first-order valence-electron chi connectivity index (χ1n) is 6.12. The second kappa shape index (κ2) is 6.59. The fourth-order valence-electron chi connectivity index (χ4n) is 1.64. The van der Waals surface area contributed by atoms with Crippen LogP contribution in [0.3, 0.4) is 0 Å².